The molecule has 0 aliphatic rings. The molecule has 0 spiro atoms. The van der Waals surface area contributed by atoms with Gasteiger partial charge in [0.25, 0.3) is 0 Å². The minimum atomic E-state index is -0.981. The standard InChI is InChI=1S/C39H28O5/c40-35-34(36(41)38(43)39(44)37(35)42)33(25-11-5-2-6-12-25)26-17-15-23(16-18-26)27-19-20-28-22-31(24-9-3-1-4-10-24)29-13-7-8-14-30(29)32(28)21-27/h1-22,33,40-44H. The van der Waals surface area contributed by atoms with E-state index in [4.69, 9.17) is 0 Å². The van der Waals surface area contributed by atoms with E-state index in [1.807, 2.05) is 60.7 Å². The molecule has 7 aromatic rings. The van der Waals surface area contributed by atoms with Gasteiger partial charge in [0.15, 0.2) is 11.5 Å². The molecule has 7 aromatic carbocycles. The number of phenolic OH excluding ortho intramolecular Hbond substituents is 5. The predicted molar refractivity (Wildman–Crippen MR) is 174 cm³/mol. The van der Waals surface area contributed by atoms with Gasteiger partial charge in [-0.25, -0.2) is 0 Å². The van der Waals surface area contributed by atoms with E-state index < -0.39 is 34.7 Å². The average molecular weight is 577 g/mol. The van der Waals surface area contributed by atoms with E-state index >= 15 is 0 Å². The van der Waals surface area contributed by atoms with Crippen LogP contribution in [0.2, 0.25) is 0 Å². The molecule has 5 N–H and O–H groups in total. The molecule has 0 saturated heterocycles. The first-order chi connectivity index (χ1) is 21.4. The summed E-state index contributed by atoms with van der Waals surface area (Å²) >= 11 is 0. The molecule has 44 heavy (non-hydrogen) atoms. The fourth-order valence-corrected chi connectivity index (χ4v) is 6.15. The zero-order valence-electron chi connectivity index (χ0n) is 23.5. The Hall–Kier alpha value is -5.94. The summed E-state index contributed by atoms with van der Waals surface area (Å²) in [6, 6.07) is 44.4. The Balaban J connectivity index is 1.34. The molecule has 0 fully saturated rings. The Labute approximate surface area is 253 Å². The Morgan fingerprint density at radius 3 is 1.55 bits per heavy atom. The Bertz CT molecular complexity index is 2130. The smallest absolute Gasteiger partial charge is 0.208 e. The van der Waals surface area contributed by atoms with Crippen LogP contribution < -0.4 is 0 Å². The topological polar surface area (TPSA) is 101 Å². The highest BCUT2D eigenvalue weighted by Crippen LogP contribution is 2.55. The van der Waals surface area contributed by atoms with Crippen LogP contribution in [0, 0.1) is 0 Å². The molecular formula is C39H28O5. The molecule has 7 rings (SSSR count). The SMILES string of the molecule is Oc1c(O)c(O)c(C(c2ccccc2)c2ccc(-c3ccc4cc(-c5ccccc5)c5ccccc5c4c3)cc2)c(O)c1O. The van der Waals surface area contributed by atoms with Crippen LogP contribution in [0.1, 0.15) is 22.6 Å². The summed E-state index contributed by atoms with van der Waals surface area (Å²) < 4.78 is 0. The van der Waals surface area contributed by atoms with Crippen molar-refractivity contribution in [3.8, 4) is 51.0 Å². The summed E-state index contributed by atoms with van der Waals surface area (Å²) in [6.07, 6.45) is 0. The quantitative estimate of drug-likeness (QED) is 0.0609. The van der Waals surface area contributed by atoms with Crippen molar-refractivity contribution < 1.29 is 25.5 Å². The summed E-state index contributed by atoms with van der Waals surface area (Å²) in [5.41, 5.74) is 5.67. The Kier molecular flexibility index (Phi) is 6.56. The summed E-state index contributed by atoms with van der Waals surface area (Å²) in [7, 11) is 0. The van der Waals surface area contributed by atoms with Crippen molar-refractivity contribution >= 4 is 21.5 Å². The van der Waals surface area contributed by atoms with Crippen LogP contribution in [0.15, 0.2) is 133 Å². The Morgan fingerprint density at radius 1 is 0.364 bits per heavy atom. The van der Waals surface area contributed by atoms with Gasteiger partial charge < -0.3 is 25.5 Å². The summed E-state index contributed by atoms with van der Waals surface area (Å²) in [5.74, 6) is -4.93. The van der Waals surface area contributed by atoms with Crippen molar-refractivity contribution in [1.82, 2.24) is 0 Å². The summed E-state index contributed by atoms with van der Waals surface area (Å²) in [5, 5.41) is 56.8. The minimum Gasteiger partial charge on any atom is -0.504 e. The number of aromatic hydroxyl groups is 5. The predicted octanol–water partition coefficient (Wildman–Crippen LogP) is 9.04. The molecule has 0 radical (unpaired) electrons. The van der Waals surface area contributed by atoms with E-state index in [1.54, 1.807) is 0 Å². The van der Waals surface area contributed by atoms with Crippen LogP contribution >= 0.6 is 0 Å². The molecule has 0 saturated carbocycles. The van der Waals surface area contributed by atoms with E-state index in [0.717, 1.165) is 21.9 Å². The third kappa shape index (κ3) is 4.43. The van der Waals surface area contributed by atoms with Crippen LogP contribution in [-0.4, -0.2) is 25.5 Å². The molecule has 0 aliphatic heterocycles. The molecule has 1 atom stereocenters. The Morgan fingerprint density at radius 2 is 0.886 bits per heavy atom. The lowest BCUT2D eigenvalue weighted by Gasteiger charge is -2.22. The molecule has 0 amide bonds. The van der Waals surface area contributed by atoms with Crippen LogP contribution in [0.3, 0.4) is 0 Å². The molecule has 0 heterocycles. The summed E-state index contributed by atoms with van der Waals surface area (Å²) in [6.45, 7) is 0. The van der Waals surface area contributed by atoms with Crippen molar-refractivity contribution in [2.45, 2.75) is 5.92 Å². The second-order valence-corrected chi connectivity index (χ2v) is 10.9. The van der Waals surface area contributed by atoms with Gasteiger partial charge in [0, 0.05) is 5.92 Å². The van der Waals surface area contributed by atoms with Gasteiger partial charge in [0.05, 0.1) is 5.56 Å². The number of hydrogen-bond acceptors (Lipinski definition) is 5. The highest BCUT2D eigenvalue weighted by Gasteiger charge is 2.30. The molecule has 0 aliphatic carbocycles. The molecule has 0 aromatic heterocycles. The van der Waals surface area contributed by atoms with Crippen molar-refractivity contribution in [2.24, 2.45) is 0 Å². The van der Waals surface area contributed by atoms with Gasteiger partial charge in [0.1, 0.15) is 0 Å². The first-order valence-corrected chi connectivity index (χ1v) is 14.3. The largest absolute Gasteiger partial charge is 0.504 e. The first-order valence-electron chi connectivity index (χ1n) is 14.3. The van der Waals surface area contributed by atoms with E-state index in [2.05, 4.69) is 72.8 Å². The zero-order valence-corrected chi connectivity index (χ0v) is 23.5. The highest BCUT2D eigenvalue weighted by atomic mass is 16.4. The summed E-state index contributed by atoms with van der Waals surface area (Å²) in [4.78, 5) is 0. The molecule has 214 valence electrons. The zero-order chi connectivity index (χ0) is 30.4. The van der Waals surface area contributed by atoms with Crippen molar-refractivity contribution in [3.63, 3.8) is 0 Å². The first kappa shape index (κ1) is 26.9. The number of phenols is 5. The van der Waals surface area contributed by atoms with Crippen LogP contribution in [0.4, 0.5) is 0 Å². The fourth-order valence-electron chi connectivity index (χ4n) is 6.15. The fraction of sp³-hybridized carbons (Fsp3) is 0.0256. The maximum Gasteiger partial charge on any atom is 0.208 e. The average Bonchev–Trinajstić information content (AvgIpc) is 3.08. The van der Waals surface area contributed by atoms with E-state index in [-0.39, 0.29) is 5.56 Å². The maximum atomic E-state index is 10.8. The van der Waals surface area contributed by atoms with Crippen molar-refractivity contribution in [2.75, 3.05) is 0 Å². The van der Waals surface area contributed by atoms with E-state index in [0.29, 0.717) is 11.1 Å². The monoisotopic (exact) mass is 576 g/mol. The number of fused-ring (bicyclic) bond motifs is 3. The molecule has 5 nitrogen and oxygen atoms in total. The van der Waals surface area contributed by atoms with E-state index in [9.17, 15) is 25.5 Å². The second-order valence-electron chi connectivity index (χ2n) is 10.9. The highest BCUT2D eigenvalue weighted by molar-refractivity contribution is 6.14. The number of rotatable bonds is 5. The van der Waals surface area contributed by atoms with Crippen molar-refractivity contribution in [1.29, 1.82) is 0 Å². The van der Waals surface area contributed by atoms with Gasteiger partial charge in [-0.3, -0.25) is 0 Å². The lowest BCUT2D eigenvalue weighted by atomic mass is 9.83. The van der Waals surface area contributed by atoms with Gasteiger partial charge in [-0.2, -0.15) is 0 Å². The lowest BCUT2D eigenvalue weighted by Crippen LogP contribution is -2.05. The van der Waals surface area contributed by atoms with E-state index in [1.165, 1.54) is 21.9 Å². The van der Waals surface area contributed by atoms with Gasteiger partial charge >= 0.3 is 0 Å². The van der Waals surface area contributed by atoms with Crippen LogP contribution in [0.25, 0.3) is 43.8 Å². The maximum absolute atomic E-state index is 10.8. The van der Waals surface area contributed by atoms with Gasteiger partial charge in [-0.1, -0.05) is 121 Å². The minimum absolute atomic E-state index is 0.108. The number of hydrogen-bond donors (Lipinski definition) is 5. The lowest BCUT2D eigenvalue weighted by molar-refractivity contribution is 0.323. The molecule has 1 unspecified atom stereocenters. The molecule has 5 heteroatoms. The van der Waals surface area contributed by atoms with Crippen molar-refractivity contribution in [3.05, 3.63) is 150 Å². The molecular weight excluding hydrogens is 548 g/mol. The van der Waals surface area contributed by atoms with Gasteiger partial charge in [0.2, 0.25) is 17.2 Å². The molecule has 0 bridgehead atoms. The second kappa shape index (κ2) is 10.7. The third-order valence-electron chi connectivity index (χ3n) is 8.35. The van der Waals surface area contributed by atoms with Gasteiger partial charge in [-0.15, -0.1) is 0 Å². The van der Waals surface area contributed by atoms with Crippen LogP contribution in [-0.2, 0) is 0 Å². The third-order valence-corrected chi connectivity index (χ3v) is 8.35. The number of benzene rings is 7. The van der Waals surface area contributed by atoms with Crippen LogP contribution in [0.5, 0.6) is 28.7 Å². The van der Waals surface area contributed by atoms with Gasteiger partial charge in [-0.05, 0) is 67.1 Å². The normalized spacial score (nSPS) is 12.0.